The fourth-order valence-electron chi connectivity index (χ4n) is 3.37. The second kappa shape index (κ2) is 7.41. The van der Waals surface area contributed by atoms with E-state index in [1.165, 1.54) is 19.3 Å². The number of hydrogen-bond acceptors (Lipinski definition) is 3. The first kappa shape index (κ1) is 17.4. The van der Waals surface area contributed by atoms with Gasteiger partial charge in [-0.05, 0) is 43.6 Å². The molecule has 1 aliphatic rings. The van der Waals surface area contributed by atoms with Crippen molar-refractivity contribution in [3.05, 3.63) is 0 Å². The molecule has 0 heterocycles. The number of hydrogen-bond donors (Lipinski definition) is 3. The summed E-state index contributed by atoms with van der Waals surface area (Å²) in [6.07, 6.45) is 6.71. The van der Waals surface area contributed by atoms with Gasteiger partial charge in [0.2, 0.25) is 5.91 Å². The van der Waals surface area contributed by atoms with Gasteiger partial charge in [0.25, 0.3) is 0 Å². The van der Waals surface area contributed by atoms with Crippen molar-refractivity contribution in [1.29, 1.82) is 0 Å². The Hall–Kier alpha value is -0.610. The molecule has 118 valence electrons. The van der Waals surface area contributed by atoms with E-state index in [1.807, 2.05) is 0 Å². The predicted molar refractivity (Wildman–Crippen MR) is 82.3 cm³/mol. The highest BCUT2D eigenvalue weighted by Gasteiger charge is 2.33. The van der Waals surface area contributed by atoms with E-state index < -0.39 is 0 Å². The topological polar surface area (TPSA) is 75.3 Å². The first-order valence-corrected chi connectivity index (χ1v) is 7.93. The van der Waals surface area contributed by atoms with Gasteiger partial charge in [0.15, 0.2) is 0 Å². The Bertz CT molecular complexity index is 308. The first-order valence-electron chi connectivity index (χ1n) is 7.93. The van der Waals surface area contributed by atoms with Crippen LogP contribution in [0.25, 0.3) is 0 Å². The zero-order valence-electron chi connectivity index (χ0n) is 13.4. The summed E-state index contributed by atoms with van der Waals surface area (Å²) in [4.78, 5) is 12.2. The third-order valence-electron chi connectivity index (χ3n) is 4.49. The highest BCUT2D eigenvalue weighted by atomic mass is 16.3. The van der Waals surface area contributed by atoms with E-state index in [-0.39, 0.29) is 22.8 Å². The number of rotatable bonds is 7. The molecule has 1 aliphatic carbocycles. The number of carbonyl (C=O) groups is 1. The number of carbonyl (C=O) groups excluding carboxylic acids is 1. The maximum Gasteiger partial charge on any atom is 0.220 e. The highest BCUT2D eigenvalue weighted by Crippen LogP contribution is 2.38. The first-order chi connectivity index (χ1) is 9.29. The van der Waals surface area contributed by atoms with Crippen LogP contribution in [0.4, 0.5) is 0 Å². The smallest absolute Gasteiger partial charge is 0.220 e. The van der Waals surface area contributed by atoms with Crippen LogP contribution in [0.2, 0.25) is 0 Å². The van der Waals surface area contributed by atoms with Crippen LogP contribution in [0.15, 0.2) is 0 Å². The van der Waals surface area contributed by atoms with E-state index in [0.29, 0.717) is 25.9 Å². The van der Waals surface area contributed by atoms with Gasteiger partial charge in [-0.1, -0.05) is 33.1 Å². The van der Waals surface area contributed by atoms with Gasteiger partial charge in [-0.2, -0.15) is 0 Å². The zero-order valence-corrected chi connectivity index (χ0v) is 13.4. The maximum absolute atomic E-state index is 12.2. The van der Waals surface area contributed by atoms with Crippen molar-refractivity contribution in [2.24, 2.45) is 16.6 Å². The second-order valence-corrected chi connectivity index (χ2v) is 7.44. The second-order valence-electron chi connectivity index (χ2n) is 7.44. The van der Waals surface area contributed by atoms with Gasteiger partial charge in [0.1, 0.15) is 0 Å². The number of nitrogens with one attached hydrogen (secondary N) is 1. The lowest BCUT2D eigenvalue weighted by Crippen LogP contribution is -2.41. The number of nitrogens with two attached hydrogens (primary N) is 1. The molecule has 0 aromatic rings. The van der Waals surface area contributed by atoms with Gasteiger partial charge in [-0.15, -0.1) is 0 Å². The van der Waals surface area contributed by atoms with E-state index in [1.54, 1.807) is 6.92 Å². The van der Waals surface area contributed by atoms with Crippen LogP contribution in [-0.4, -0.2) is 30.2 Å². The summed E-state index contributed by atoms with van der Waals surface area (Å²) < 4.78 is 0. The van der Waals surface area contributed by atoms with Crippen molar-refractivity contribution in [2.75, 3.05) is 13.1 Å². The zero-order chi connectivity index (χ0) is 15.2. The predicted octanol–water partition coefficient (Wildman–Crippen LogP) is 2.20. The highest BCUT2D eigenvalue weighted by molar-refractivity contribution is 5.76. The lowest BCUT2D eigenvalue weighted by molar-refractivity contribution is -0.124. The van der Waals surface area contributed by atoms with Gasteiger partial charge >= 0.3 is 0 Å². The fourth-order valence-corrected chi connectivity index (χ4v) is 3.37. The molecule has 1 unspecified atom stereocenters. The molecule has 0 aliphatic heterocycles. The molecule has 4 N–H and O–H groups in total. The van der Waals surface area contributed by atoms with Gasteiger partial charge in [0.05, 0.1) is 6.10 Å². The molecule has 20 heavy (non-hydrogen) atoms. The van der Waals surface area contributed by atoms with Crippen LogP contribution in [-0.2, 0) is 4.79 Å². The molecule has 0 saturated heterocycles. The monoisotopic (exact) mass is 284 g/mol. The van der Waals surface area contributed by atoms with Gasteiger partial charge in [0, 0.05) is 13.0 Å². The molecule has 1 amide bonds. The van der Waals surface area contributed by atoms with E-state index in [0.717, 1.165) is 12.8 Å². The molecule has 0 spiro atoms. The number of aliphatic hydroxyl groups excluding tert-OH is 1. The number of aliphatic hydroxyl groups is 1. The van der Waals surface area contributed by atoms with Crippen LogP contribution >= 0.6 is 0 Å². The molecule has 1 rings (SSSR count). The summed E-state index contributed by atoms with van der Waals surface area (Å²) in [7, 11) is 0. The average molecular weight is 284 g/mol. The van der Waals surface area contributed by atoms with Gasteiger partial charge in [-0.3, -0.25) is 4.79 Å². The quantitative estimate of drug-likeness (QED) is 0.671. The van der Waals surface area contributed by atoms with Crippen molar-refractivity contribution in [2.45, 2.75) is 71.8 Å². The Balaban J connectivity index is 2.42. The Morgan fingerprint density at radius 1 is 1.35 bits per heavy atom. The third kappa shape index (κ3) is 5.80. The van der Waals surface area contributed by atoms with E-state index >= 15 is 0 Å². The molecular formula is C16H32N2O2. The lowest BCUT2D eigenvalue weighted by atomic mass is 9.71. The van der Waals surface area contributed by atoms with E-state index in [9.17, 15) is 9.90 Å². The van der Waals surface area contributed by atoms with Crippen LogP contribution in [0.3, 0.4) is 0 Å². The Kier molecular flexibility index (Phi) is 6.46. The molecule has 1 fully saturated rings. The summed E-state index contributed by atoms with van der Waals surface area (Å²) in [5.74, 6) is 0.107. The number of amides is 1. The molecule has 4 nitrogen and oxygen atoms in total. The summed E-state index contributed by atoms with van der Waals surface area (Å²) in [5.41, 5.74) is 5.87. The van der Waals surface area contributed by atoms with Crippen molar-refractivity contribution in [3.63, 3.8) is 0 Å². The Morgan fingerprint density at radius 2 is 1.95 bits per heavy atom. The minimum absolute atomic E-state index is 0.0245. The SMILES string of the molecule is CC(O)CC(C)(C)CNC(=O)CC1(CN)CCCCC1. The molecule has 4 heteroatoms. The molecule has 0 aromatic heterocycles. The fraction of sp³-hybridized carbons (Fsp3) is 0.938. The van der Waals surface area contributed by atoms with Crippen LogP contribution < -0.4 is 11.1 Å². The summed E-state index contributed by atoms with van der Waals surface area (Å²) >= 11 is 0. The standard InChI is InChI=1S/C16H32N2O2/c1-13(19)9-15(2,3)12-18-14(20)10-16(11-17)7-5-4-6-8-16/h13,19H,4-12,17H2,1-3H3,(H,18,20). The minimum Gasteiger partial charge on any atom is -0.393 e. The summed E-state index contributed by atoms with van der Waals surface area (Å²) in [6.45, 7) is 7.14. The van der Waals surface area contributed by atoms with Crippen LogP contribution in [0.5, 0.6) is 0 Å². The Labute approximate surface area is 123 Å². The van der Waals surface area contributed by atoms with E-state index in [2.05, 4.69) is 19.2 Å². The molecule has 0 aromatic carbocycles. The molecule has 1 saturated carbocycles. The van der Waals surface area contributed by atoms with Gasteiger partial charge in [-0.25, -0.2) is 0 Å². The lowest BCUT2D eigenvalue weighted by Gasteiger charge is -2.36. The molecule has 1 atom stereocenters. The van der Waals surface area contributed by atoms with Crippen LogP contribution in [0, 0.1) is 10.8 Å². The minimum atomic E-state index is -0.337. The van der Waals surface area contributed by atoms with Crippen molar-refractivity contribution in [3.8, 4) is 0 Å². The van der Waals surface area contributed by atoms with Crippen molar-refractivity contribution >= 4 is 5.91 Å². The third-order valence-corrected chi connectivity index (χ3v) is 4.49. The van der Waals surface area contributed by atoms with Crippen molar-refractivity contribution < 1.29 is 9.90 Å². The van der Waals surface area contributed by atoms with Crippen molar-refractivity contribution in [1.82, 2.24) is 5.32 Å². The summed E-state index contributed by atoms with van der Waals surface area (Å²) in [6, 6.07) is 0. The summed E-state index contributed by atoms with van der Waals surface area (Å²) in [5, 5.41) is 12.5. The van der Waals surface area contributed by atoms with E-state index in [4.69, 9.17) is 5.73 Å². The average Bonchev–Trinajstić information content (AvgIpc) is 2.36. The molecule has 0 bridgehead atoms. The normalized spacial score (nSPS) is 20.4. The van der Waals surface area contributed by atoms with Gasteiger partial charge < -0.3 is 16.2 Å². The molecular weight excluding hydrogens is 252 g/mol. The largest absolute Gasteiger partial charge is 0.393 e. The van der Waals surface area contributed by atoms with Crippen LogP contribution in [0.1, 0.15) is 65.7 Å². The molecule has 0 radical (unpaired) electrons. The maximum atomic E-state index is 12.2. The Morgan fingerprint density at radius 3 is 2.45 bits per heavy atom.